The smallest absolute Gasteiger partial charge is 0.230 e. The van der Waals surface area contributed by atoms with Gasteiger partial charge in [-0.05, 0) is 37.0 Å². The fourth-order valence-electron chi connectivity index (χ4n) is 5.60. The predicted molar refractivity (Wildman–Crippen MR) is 132 cm³/mol. The zero-order chi connectivity index (χ0) is 23.3. The Morgan fingerprint density at radius 2 is 1.65 bits per heavy atom. The van der Waals surface area contributed by atoms with Crippen molar-refractivity contribution in [3.63, 3.8) is 0 Å². The Morgan fingerprint density at radius 3 is 2.44 bits per heavy atom. The highest BCUT2D eigenvalue weighted by atomic mass is 16.2. The molecule has 3 aliphatic rings. The molecule has 2 atom stereocenters. The first-order valence-electron chi connectivity index (χ1n) is 12.6. The van der Waals surface area contributed by atoms with Crippen molar-refractivity contribution < 1.29 is 9.59 Å². The molecule has 0 radical (unpaired) electrons. The van der Waals surface area contributed by atoms with Crippen LogP contribution in [0.15, 0.2) is 42.7 Å². The highest BCUT2D eigenvalue weighted by molar-refractivity contribution is 5.99. The van der Waals surface area contributed by atoms with Crippen molar-refractivity contribution in [3.05, 3.63) is 48.3 Å². The summed E-state index contributed by atoms with van der Waals surface area (Å²) in [4.78, 5) is 41.7. The van der Waals surface area contributed by atoms with Gasteiger partial charge in [0, 0.05) is 69.8 Å². The Kier molecular flexibility index (Phi) is 7.04. The van der Waals surface area contributed by atoms with E-state index < -0.39 is 0 Å². The summed E-state index contributed by atoms with van der Waals surface area (Å²) in [6, 6.07) is 9.97. The SMILES string of the molecule is O=C(NCCN1CCN(c2ncccn2)CC1)C1CCCCC1C(=O)N1CCc2ccccc21. The second-order valence-electron chi connectivity index (χ2n) is 9.53. The van der Waals surface area contributed by atoms with Crippen LogP contribution in [0.25, 0.3) is 0 Å². The fourth-order valence-corrected chi connectivity index (χ4v) is 5.60. The van der Waals surface area contributed by atoms with Crippen LogP contribution in [0.3, 0.4) is 0 Å². The Balaban J connectivity index is 1.11. The zero-order valence-electron chi connectivity index (χ0n) is 19.7. The number of para-hydroxylation sites is 1. The third-order valence-corrected chi connectivity index (χ3v) is 7.51. The molecule has 1 saturated heterocycles. The standard InChI is InChI=1S/C26H34N6O2/c33-24(27-13-15-30-16-18-31(19-17-30)26-28-11-5-12-29-26)21-7-2-3-8-22(21)25(34)32-14-10-20-6-1-4-9-23(20)32/h1,4-6,9,11-12,21-22H,2-3,7-8,10,13-19H2,(H,27,33). The molecule has 1 aromatic carbocycles. The Bertz CT molecular complexity index is 992. The van der Waals surface area contributed by atoms with Gasteiger partial charge in [0.15, 0.2) is 0 Å². The summed E-state index contributed by atoms with van der Waals surface area (Å²) in [5, 5.41) is 3.15. The van der Waals surface area contributed by atoms with Gasteiger partial charge in [-0.1, -0.05) is 31.0 Å². The van der Waals surface area contributed by atoms with Gasteiger partial charge in [0.2, 0.25) is 17.8 Å². The Morgan fingerprint density at radius 1 is 0.912 bits per heavy atom. The molecular formula is C26H34N6O2. The number of aromatic nitrogens is 2. The summed E-state index contributed by atoms with van der Waals surface area (Å²) < 4.78 is 0. The topological polar surface area (TPSA) is 81.7 Å². The predicted octanol–water partition coefficient (Wildman–Crippen LogP) is 2.11. The minimum atomic E-state index is -0.221. The maximum absolute atomic E-state index is 13.5. The number of anilines is 2. The van der Waals surface area contributed by atoms with Gasteiger partial charge in [0.05, 0.1) is 5.92 Å². The van der Waals surface area contributed by atoms with Crippen molar-refractivity contribution in [1.29, 1.82) is 0 Å². The number of hydrogen-bond acceptors (Lipinski definition) is 6. The van der Waals surface area contributed by atoms with Gasteiger partial charge in [-0.15, -0.1) is 0 Å². The summed E-state index contributed by atoms with van der Waals surface area (Å²) >= 11 is 0. The summed E-state index contributed by atoms with van der Waals surface area (Å²) in [5.41, 5.74) is 2.25. The van der Waals surface area contributed by atoms with E-state index in [2.05, 4.69) is 31.2 Å². The molecule has 3 heterocycles. The van der Waals surface area contributed by atoms with Gasteiger partial charge in [-0.25, -0.2) is 9.97 Å². The second kappa shape index (κ2) is 10.5. The lowest BCUT2D eigenvalue weighted by molar-refractivity contribution is -0.135. The minimum Gasteiger partial charge on any atom is -0.355 e. The van der Waals surface area contributed by atoms with Crippen LogP contribution in [0, 0.1) is 11.8 Å². The molecule has 8 heteroatoms. The normalized spacial score (nSPS) is 22.9. The molecule has 8 nitrogen and oxygen atoms in total. The molecule has 2 amide bonds. The van der Waals surface area contributed by atoms with Gasteiger partial charge >= 0.3 is 0 Å². The third kappa shape index (κ3) is 4.92. The average Bonchev–Trinajstić information content (AvgIpc) is 3.33. The van der Waals surface area contributed by atoms with Crippen molar-refractivity contribution in [2.24, 2.45) is 11.8 Å². The molecule has 2 fully saturated rings. The quantitative estimate of drug-likeness (QED) is 0.708. The van der Waals surface area contributed by atoms with Crippen LogP contribution in [-0.2, 0) is 16.0 Å². The maximum Gasteiger partial charge on any atom is 0.230 e. The molecule has 1 aromatic heterocycles. The molecule has 2 aromatic rings. The Hall–Kier alpha value is -3.00. The molecule has 1 aliphatic carbocycles. The van der Waals surface area contributed by atoms with Gasteiger partial charge in [0.25, 0.3) is 0 Å². The molecule has 1 saturated carbocycles. The third-order valence-electron chi connectivity index (χ3n) is 7.51. The number of fused-ring (bicyclic) bond motifs is 1. The van der Waals surface area contributed by atoms with Gasteiger partial charge in [0.1, 0.15) is 0 Å². The first-order chi connectivity index (χ1) is 16.7. The van der Waals surface area contributed by atoms with Crippen molar-refractivity contribution >= 4 is 23.5 Å². The minimum absolute atomic E-state index is 0.0434. The summed E-state index contributed by atoms with van der Waals surface area (Å²) in [5.74, 6) is 0.519. The molecule has 1 N–H and O–H groups in total. The lowest BCUT2D eigenvalue weighted by Crippen LogP contribution is -2.50. The van der Waals surface area contributed by atoms with Gasteiger partial charge in [-0.3, -0.25) is 14.5 Å². The number of benzene rings is 1. The van der Waals surface area contributed by atoms with Crippen LogP contribution in [0.4, 0.5) is 11.6 Å². The number of nitrogens with zero attached hydrogens (tertiary/aromatic N) is 5. The molecule has 34 heavy (non-hydrogen) atoms. The van der Waals surface area contributed by atoms with E-state index in [0.717, 1.165) is 83.0 Å². The first-order valence-corrected chi connectivity index (χ1v) is 12.6. The van der Waals surface area contributed by atoms with E-state index in [0.29, 0.717) is 6.54 Å². The number of carbonyl (C=O) groups excluding carboxylic acids is 2. The molecule has 2 unspecified atom stereocenters. The van der Waals surface area contributed by atoms with Crippen molar-refractivity contribution in [3.8, 4) is 0 Å². The highest BCUT2D eigenvalue weighted by Gasteiger charge is 2.39. The number of piperazine rings is 1. The van der Waals surface area contributed by atoms with Crippen LogP contribution >= 0.6 is 0 Å². The van der Waals surface area contributed by atoms with E-state index in [4.69, 9.17) is 0 Å². The number of hydrogen-bond donors (Lipinski definition) is 1. The molecule has 180 valence electrons. The van der Waals surface area contributed by atoms with Gasteiger partial charge < -0.3 is 15.1 Å². The molecule has 2 aliphatic heterocycles. The lowest BCUT2D eigenvalue weighted by Gasteiger charge is -2.35. The molecule has 0 spiro atoms. The van der Waals surface area contributed by atoms with E-state index in [9.17, 15) is 9.59 Å². The number of rotatable bonds is 6. The average molecular weight is 463 g/mol. The number of carbonyl (C=O) groups is 2. The van der Waals surface area contributed by atoms with Crippen LogP contribution in [0.5, 0.6) is 0 Å². The van der Waals surface area contributed by atoms with Crippen molar-refractivity contribution in [2.45, 2.75) is 32.1 Å². The monoisotopic (exact) mass is 462 g/mol. The van der Waals surface area contributed by atoms with Crippen LogP contribution in [0.1, 0.15) is 31.2 Å². The summed E-state index contributed by atoms with van der Waals surface area (Å²) in [6.07, 6.45) is 8.08. The summed E-state index contributed by atoms with van der Waals surface area (Å²) in [7, 11) is 0. The van der Waals surface area contributed by atoms with Crippen LogP contribution < -0.4 is 15.1 Å². The Labute approximate surface area is 201 Å². The van der Waals surface area contributed by atoms with E-state index in [-0.39, 0.29) is 23.7 Å². The lowest BCUT2D eigenvalue weighted by atomic mass is 9.77. The molecule has 5 rings (SSSR count). The van der Waals surface area contributed by atoms with Crippen molar-refractivity contribution in [1.82, 2.24) is 20.2 Å². The number of amides is 2. The largest absolute Gasteiger partial charge is 0.355 e. The molecular weight excluding hydrogens is 428 g/mol. The zero-order valence-corrected chi connectivity index (χ0v) is 19.7. The van der Waals surface area contributed by atoms with Crippen molar-refractivity contribution in [2.75, 3.05) is 55.6 Å². The van der Waals surface area contributed by atoms with E-state index in [1.54, 1.807) is 12.4 Å². The first kappa shape index (κ1) is 22.8. The van der Waals surface area contributed by atoms with E-state index in [1.165, 1.54) is 5.56 Å². The van der Waals surface area contributed by atoms with E-state index in [1.807, 2.05) is 29.2 Å². The fraction of sp³-hybridized carbons (Fsp3) is 0.538. The van der Waals surface area contributed by atoms with Gasteiger partial charge in [-0.2, -0.15) is 0 Å². The summed E-state index contributed by atoms with van der Waals surface area (Å²) in [6.45, 7) is 5.77. The molecule has 0 bridgehead atoms. The van der Waals surface area contributed by atoms with E-state index >= 15 is 0 Å². The number of nitrogens with one attached hydrogen (secondary N) is 1. The van der Waals surface area contributed by atoms with Crippen LogP contribution in [-0.4, -0.2) is 72.5 Å². The second-order valence-corrected chi connectivity index (χ2v) is 9.53. The highest BCUT2D eigenvalue weighted by Crippen LogP contribution is 2.35. The van der Waals surface area contributed by atoms with Crippen LogP contribution in [0.2, 0.25) is 0 Å². The maximum atomic E-state index is 13.5.